The van der Waals surface area contributed by atoms with E-state index in [1.807, 2.05) is 31.3 Å². The van der Waals surface area contributed by atoms with E-state index in [2.05, 4.69) is 34.6 Å². The molecule has 1 atom stereocenters. The lowest BCUT2D eigenvalue weighted by molar-refractivity contribution is 0.0799. The number of aromatic nitrogens is 3. The first-order valence-corrected chi connectivity index (χ1v) is 11.8. The molecule has 1 saturated carbocycles. The van der Waals surface area contributed by atoms with E-state index in [9.17, 15) is 4.79 Å². The van der Waals surface area contributed by atoms with Crippen LogP contribution in [0.3, 0.4) is 0 Å². The first-order valence-electron chi connectivity index (χ1n) is 11.8. The molecule has 5 rings (SSSR count). The third-order valence-corrected chi connectivity index (χ3v) is 6.96. The molecule has 0 aromatic carbocycles. The molecule has 2 aliphatic rings. The third-order valence-electron chi connectivity index (χ3n) is 6.96. The summed E-state index contributed by atoms with van der Waals surface area (Å²) in [6.45, 7) is 7.57. The van der Waals surface area contributed by atoms with Crippen molar-refractivity contribution in [1.29, 1.82) is 0 Å². The summed E-state index contributed by atoms with van der Waals surface area (Å²) in [6.07, 6.45) is 7.87. The minimum absolute atomic E-state index is 0.0277. The molecule has 0 radical (unpaired) electrons. The Morgan fingerprint density at radius 3 is 2.75 bits per heavy atom. The number of ketones is 1. The summed E-state index contributed by atoms with van der Waals surface area (Å²) in [6, 6.07) is 7.95. The molecular weight excluding hydrogens is 400 g/mol. The molecule has 1 aliphatic carbocycles. The van der Waals surface area contributed by atoms with Gasteiger partial charge in [-0.05, 0) is 89.1 Å². The number of hydrogen-bond donors (Lipinski definition) is 1. The van der Waals surface area contributed by atoms with Crippen molar-refractivity contribution in [2.45, 2.75) is 64.8 Å². The van der Waals surface area contributed by atoms with Gasteiger partial charge in [0, 0.05) is 24.0 Å². The standard InChI is InChI=1S/C26H32N4O2/c1-17-7-6-14-30-19(3)21(29-25(17)30)15-26(12-4-5-13-27-26)24(31)23-22(11-8-18(2)28-23)32-16-20-9-10-20/h6-8,11,14,20,27H,4-5,9-10,12-13,15-16H2,1-3H3/t26-/m0/s1. The second-order valence-electron chi connectivity index (χ2n) is 9.55. The van der Waals surface area contributed by atoms with Crippen molar-refractivity contribution in [1.82, 2.24) is 19.7 Å². The molecule has 6 heteroatoms. The van der Waals surface area contributed by atoms with Crippen molar-refractivity contribution in [2.75, 3.05) is 13.2 Å². The van der Waals surface area contributed by atoms with Gasteiger partial charge in [-0.15, -0.1) is 0 Å². The molecule has 3 aromatic rings. The number of imidazole rings is 1. The minimum atomic E-state index is -0.715. The smallest absolute Gasteiger partial charge is 0.205 e. The predicted molar refractivity (Wildman–Crippen MR) is 124 cm³/mol. The molecule has 3 aromatic heterocycles. The van der Waals surface area contributed by atoms with Gasteiger partial charge in [0.15, 0.2) is 5.69 Å². The molecule has 2 fully saturated rings. The molecule has 4 heterocycles. The van der Waals surface area contributed by atoms with E-state index in [1.165, 1.54) is 12.8 Å². The maximum atomic E-state index is 14.1. The van der Waals surface area contributed by atoms with Crippen LogP contribution >= 0.6 is 0 Å². The summed E-state index contributed by atoms with van der Waals surface area (Å²) >= 11 is 0. The van der Waals surface area contributed by atoms with E-state index in [-0.39, 0.29) is 5.78 Å². The highest BCUT2D eigenvalue weighted by atomic mass is 16.5. The zero-order valence-corrected chi connectivity index (χ0v) is 19.3. The summed E-state index contributed by atoms with van der Waals surface area (Å²) in [7, 11) is 0. The molecule has 32 heavy (non-hydrogen) atoms. The van der Waals surface area contributed by atoms with Crippen LogP contribution in [0.1, 0.15) is 65.2 Å². The second-order valence-corrected chi connectivity index (χ2v) is 9.55. The Kier molecular flexibility index (Phi) is 5.49. The fourth-order valence-corrected chi connectivity index (χ4v) is 4.76. The molecule has 1 aliphatic heterocycles. The van der Waals surface area contributed by atoms with Gasteiger partial charge in [0.2, 0.25) is 5.78 Å². The molecule has 6 nitrogen and oxygen atoms in total. The normalized spacial score (nSPS) is 21.1. The van der Waals surface area contributed by atoms with Crippen LogP contribution in [0, 0.1) is 26.7 Å². The highest BCUT2D eigenvalue weighted by Crippen LogP contribution is 2.34. The van der Waals surface area contributed by atoms with Crippen LogP contribution in [-0.4, -0.2) is 38.8 Å². The Bertz CT molecular complexity index is 1160. The summed E-state index contributed by atoms with van der Waals surface area (Å²) in [5.41, 5.74) is 4.72. The van der Waals surface area contributed by atoms with Gasteiger partial charge >= 0.3 is 0 Å². The largest absolute Gasteiger partial charge is 0.491 e. The average molecular weight is 433 g/mol. The number of carbonyl (C=O) groups is 1. The number of Topliss-reactive ketones (excluding diaryl/α,β-unsaturated/α-hetero) is 1. The molecule has 0 spiro atoms. The number of aryl methyl sites for hydroxylation is 3. The van der Waals surface area contributed by atoms with Crippen LogP contribution in [0.4, 0.5) is 0 Å². The van der Waals surface area contributed by atoms with Gasteiger partial charge < -0.3 is 14.5 Å². The monoisotopic (exact) mass is 432 g/mol. The lowest BCUT2D eigenvalue weighted by atomic mass is 9.79. The Labute approximate surface area is 189 Å². The van der Waals surface area contributed by atoms with E-state index in [0.29, 0.717) is 30.4 Å². The van der Waals surface area contributed by atoms with Crippen LogP contribution in [0.15, 0.2) is 30.5 Å². The molecule has 0 unspecified atom stereocenters. The zero-order valence-electron chi connectivity index (χ0n) is 19.3. The lowest BCUT2D eigenvalue weighted by Gasteiger charge is -2.37. The highest BCUT2D eigenvalue weighted by molar-refractivity contribution is 6.04. The maximum Gasteiger partial charge on any atom is 0.205 e. The molecular formula is C26H32N4O2. The number of piperidine rings is 1. The minimum Gasteiger partial charge on any atom is -0.491 e. The van der Waals surface area contributed by atoms with E-state index < -0.39 is 5.54 Å². The van der Waals surface area contributed by atoms with E-state index in [4.69, 9.17) is 9.72 Å². The average Bonchev–Trinajstić information content (AvgIpc) is 3.58. The topological polar surface area (TPSA) is 68.5 Å². The van der Waals surface area contributed by atoms with Crippen LogP contribution in [0.2, 0.25) is 0 Å². The molecule has 0 bridgehead atoms. The van der Waals surface area contributed by atoms with Crippen molar-refractivity contribution in [3.63, 3.8) is 0 Å². The van der Waals surface area contributed by atoms with Gasteiger partial charge in [0.1, 0.15) is 11.4 Å². The first-order chi connectivity index (χ1) is 15.5. The SMILES string of the molecule is Cc1ccc(OCC2CC2)c(C(=O)[C@@]2(Cc3nc4c(C)cccn4c3C)CCCCN2)n1. The lowest BCUT2D eigenvalue weighted by Crippen LogP contribution is -2.56. The quantitative estimate of drug-likeness (QED) is 0.561. The van der Waals surface area contributed by atoms with E-state index >= 15 is 0 Å². The number of nitrogens with zero attached hydrogens (tertiary/aromatic N) is 3. The summed E-state index contributed by atoms with van der Waals surface area (Å²) in [4.78, 5) is 23.7. The number of rotatable bonds is 7. The van der Waals surface area contributed by atoms with Crippen molar-refractivity contribution in [2.24, 2.45) is 5.92 Å². The van der Waals surface area contributed by atoms with Gasteiger partial charge in [-0.3, -0.25) is 4.79 Å². The van der Waals surface area contributed by atoms with E-state index in [1.54, 1.807) is 0 Å². The Morgan fingerprint density at radius 2 is 2.03 bits per heavy atom. The van der Waals surface area contributed by atoms with Gasteiger partial charge in [0.25, 0.3) is 0 Å². The van der Waals surface area contributed by atoms with Crippen LogP contribution in [0.25, 0.3) is 5.65 Å². The van der Waals surface area contributed by atoms with Crippen molar-refractivity contribution < 1.29 is 9.53 Å². The number of fused-ring (bicyclic) bond motifs is 1. The van der Waals surface area contributed by atoms with E-state index in [0.717, 1.165) is 54.1 Å². The van der Waals surface area contributed by atoms with Crippen LogP contribution < -0.4 is 10.1 Å². The number of hydrogen-bond acceptors (Lipinski definition) is 5. The fourth-order valence-electron chi connectivity index (χ4n) is 4.76. The third kappa shape index (κ3) is 3.92. The van der Waals surface area contributed by atoms with Gasteiger partial charge in [-0.25, -0.2) is 9.97 Å². The Hall–Kier alpha value is -2.73. The van der Waals surface area contributed by atoms with Gasteiger partial charge in [-0.1, -0.05) is 6.07 Å². The Morgan fingerprint density at radius 1 is 1.19 bits per heavy atom. The molecule has 0 amide bonds. The van der Waals surface area contributed by atoms with Crippen LogP contribution in [0.5, 0.6) is 5.75 Å². The summed E-state index contributed by atoms with van der Waals surface area (Å²) in [5, 5.41) is 3.60. The predicted octanol–water partition coefficient (Wildman–Crippen LogP) is 4.38. The molecule has 1 saturated heterocycles. The summed E-state index contributed by atoms with van der Waals surface area (Å²) in [5.74, 6) is 1.26. The van der Waals surface area contributed by atoms with Crippen molar-refractivity contribution >= 4 is 11.4 Å². The number of pyridine rings is 2. The first kappa shape index (κ1) is 21.1. The zero-order chi connectivity index (χ0) is 22.3. The van der Waals surface area contributed by atoms with Crippen molar-refractivity contribution in [3.05, 3.63) is 58.8 Å². The van der Waals surface area contributed by atoms with Gasteiger partial charge in [-0.2, -0.15) is 0 Å². The summed E-state index contributed by atoms with van der Waals surface area (Å²) < 4.78 is 8.21. The molecule has 1 N–H and O–H groups in total. The maximum absolute atomic E-state index is 14.1. The number of ether oxygens (including phenoxy) is 1. The van der Waals surface area contributed by atoms with Crippen molar-refractivity contribution in [3.8, 4) is 5.75 Å². The molecule has 168 valence electrons. The Balaban J connectivity index is 1.52. The fraction of sp³-hybridized carbons (Fsp3) is 0.500. The van der Waals surface area contributed by atoms with Crippen LogP contribution in [-0.2, 0) is 6.42 Å². The number of carbonyl (C=O) groups excluding carboxylic acids is 1. The van der Waals surface area contributed by atoms with Gasteiger partial charge in [0.05, 0.1) is 17.8 Å². The number of nitrogens with one attached hydrogen (secondary N) is 1. The second kappa shape index (κ2) is 8.32. The highest BCUT2D eigenvalue weighted by Gasteiger charge is 2.43.